The van der Waals surface area contributed by atoms with Crippen molar-refractivity contribution in [2.45, 2.75) is 23.6 Å². The predicted molar refractivity (Wildman–Crippen MR) is 154 cm³/mol. The van der Waals surface area contributed by atoms with Crippen LogP contribution in [0, 0.1) is 0 Å². The summed E-state index contributed by atoms with van der Waals surface area (Å²) in [5.74, 6) is 1.13. The molecule has 0 amide bonds. The van der Waals surface area contributed by atoms with Crippen molar-refractivity contribution in [2.24, 2.45) is 0 Å². The number of rotatable bonds is 10. The van der Waals surface area contributed by atoms with Gasteiger partial charge in [0.1, 0.15) is 17.2 Å². The predicted octanol–water partition coefficient (Wildman–Crippen LogP) is 6.43. The molecule has 9 heteroatoms. The van der Waals surface area contributed by atoms with Crippen molar-refractivity contribution in [3.8, 4) is 11.5 Å². The van der Waals surface area contributed by atoms with Crippen LogP contribution in [0.1, 0.15) is 19.4 Å². The van der Waals surface area contributed by atoms with Crippen molar-refractivity contribution in [2.75, 3.05) is 0 Å². The highest BCUT2D eigenvalue weighted by atomic mass is 32.3. The molecule has 4 aromatic rings. The first-order chi connectivity index (χ1) is 19.1. The Morgan fingerprint density at radius 2 is 1.05 bits per heavy atom. The van der Waals surface area contributed by atoms with Crippen LogP contribution in [0.5, 0.6) is 11.5 Å². The molecular formula is C31H27NO6S2. The van der Waals surface area contributed by atoms with Gasteiger partial charge in [-0.3, -0.25) is 4.79 Å². The van der Waals surface area contributed by atoms with Gasteiger partial charge in [-0.15, -0.1) is 0 Å². The monoisotopic (exact) mass is 573 g/mol. The van der Waals surface area contributed by atoms with Gasteiger partial charge in [0.05, 0.1) is 9.79 Å². The van der Waals surface area contributed by atoms with Gasteiger partial charge in [-0.1, -0.05) is 78.4 Å². The Morgan fingerprint density at radius 3 is 1.48 bits per heavy atom. The van der Waals surface area contributed by atoms with Crippen molar-refractivity contribution in [1.29, 1.82) is 0 Å². The molecule has 0 aliphatic heterocycles. The first-order valence-electron chi connectivity index (χ1n) is 12.2. The molecule has 0 aromatic heterocycles. The molecule has 0 atom stereocenters. The van der Waals surface area contributed by atoms with Gasteiger partial charge in [0.25, 0.3) is 20.0 Å². The smallest absolute Gasteiger partial charge is 0.277 e. The van der Waals surface area contributed by atoms with E-state index in [-0.39, 0.29) is 25.4 Å². The molecule has 7 nitrogen and oxygen atoms in total. The molecule has 0 bridgehead atoms. The fraction of sp³-hybridized carbons (Fsp3) is 0.0645. The Labute approximate surface area is 234 Å². The van der Waals surface area contributed by atoms with Crippen LogP contribution in [0.25, 0.3) is 5.57 Å². The lowest BCUT2D eigenvalue weighted by atomic mass is 10.0. The second kappa shape index (κ2) is 12.1. The fourth-order valence-electron chi connectivity index (χ4n) is 3.89. The van der Waals surface area contributed by atoms with E-state index in [1.807, 2.05) is 18.2 Å². The van der Waals surface area contributed by atoms with Crippen molar-refractivity contribution < 1.29 is 26.4 Å². The van der Waals surface area contributed by atoms with Gasteiger partial charge in [-0.05, 0) is 67.9 Å². The summed E-state index contributed by atoms with van der Waals surface area (Å²) in [6, 6.07) is 30.0. The summed E-state index contributed by atoms with van der Waals surface area (Å²) in [7, 11) is -9.51. The average molecular weight is 574 g/mol. The zero-order valence-corrected chi connectivity index (χ0v) is 23.5. The second-order valence-corrected chi connectivity index (χ2v) is 12.7. The number of aldehydes is 1. The molecule has 0 spiro atoms. The zero-order chi connectivity index (χ0) is 28.8. The van der Waals surface area contributed by atoms with E-state index in [0.717, 1.165) is 0 Å². The lowest BCUT2D eigenvalue weighted by molar-refractivity contribution is -0.105. The van der Waals surface area contributed by atoms with E-state index in [1.165, 1.54) is 48.5 Å². The van der Waals surface area contributed by atoms with Gasteiger partial charge in [0, 0.05) is 5.57 Å². The number of sulfonamides is 2. The molecule has 204 valence electrons. The van der Waals surface area contributed by atoms with Crippen molar-refractivity contribution in [1.82, 2.24) is 3.71 Å². The number of nitrogens with zero attached hydrogens (tertiary/aromatic N) is 1. The number of allylic oxidation sites excluding steroid dienone is 4. The van der Waals surface area contributed by atoms with Crippen LogP contribution in [0.4, 0.5) is 0 Å². The van der Waals surface area contributed by atoms with Crippen molar-refractivity contribution >= 4 is 31.9 Å². The molecule has 0 radical (unpaired) electrons. The standard InChI is InChI=1S/C31H27NO6S2/c1-24(2)22-30(25-18-20-27(21-19-25)38-26-12-6-3-7-13-26)31(23-33)32(39(34,35)28-14-8-4-9-15-28)40(36,37)29-16-10-5-11-17-29/h3-23H,1-2H3/b31-30+. The van der Waals surface area contributed by atoms with Crippen molar-refractivity contribution in [3.05, 3.63) is 138 Å². The van der Waals surface area contributed by atoms with Gasteiger partial charge in [0.2, 0.25) is 0 Å². The highest BCUT2D eigenvalue weighted by Crippen LogP contribution is 2.34. The van der Waals surface area contributed by atoms with Gasteiger partial charge in [-0.25, -0.2) is 16.8 Å². The summed E-state index contributed by atoms with van der Waals surface area (Å²) in [6.07, 6.45) is 1.83. The highest BCUT2D eigenvalue weighted by Gasteiger charge is 2.39. The summed E-state index contributed by atoms with van der Waals surface area (Å²) in [4.78, 5) is 12.2. The number of hydrogen-bond acceptors (Lipinski definition) is 6. The van der Waals surface area contributed by atoms with Crippen LogP contribution < -0.4 is 4.74 Å². The molecule has 4 aromatic carbocycles. The van der Waals surface area contributed by atoms with E-state index in [9.17, 15) is 21.6 Å². The number of hydrogen-bond donors (Lipinski definition) is 0. The molecule has 0 saturated heterocycles. The number of carbonyl (C=O) groups is 1. The minimum atomic E-state index is -4.75. The second-order valence-electron chi connectivity index (χ2n) is 8.91. The van der Waals surface area contributed by atoms with Crippen molar-refractivity contribution in [3.63, 3.8) is 0 Å². The molecule has 0 unspecified atom stereocenters. The summed E-state index contributed by atoms with van der Waals surface area (Å²) >= 11 is 0. The summed E-state index contributed by atoms with van der Waals surface area (Å²) in [6.45, 7) is 3.52. The highest BCUT2D eigenvalue weighted by molar-refractivity contribution is 8.04. The zero-order valence-electron chi connectivity index (χ0n) is 21.8. The van der Waals surface area contributed by atoms with Crippen LogP contribution in [0.3, 0.4) is 0 Å². The van der Waals surface area contributed by atoms with Gasteiger partial charge in [0.15, 0.2) is 6.29 Å². The third-order valence-electron chi connectivity index (χ3n) is 5.68. The van der Waals surface area contributed by atoms with E-state index in [4.69, 9.17) is 4.74 Å². The summed E-state index contributed by atoms with van der Waals surface area (Å²) in [5.41, 5.74) is 0.694. The summed E-state index contributed by atoms with van der Waals surface area (Å²) in [5, 5.41) is 0. The summed E-state index contributed by atoms with van der Waals surface area (Å²) < 4.78 is 61.9. The molecule has 0 heterocycles. The largest absolute Gasteiger partial charge is 0.457 e. The van der Waals surface area contributed by atoms with Crippen LogP contribution >= 0.6 is 0 Å². The van der Waals surface area contributed by atoms with Crippen LogP contribution in [-0.4, -0.2) is 26.8 Å². The molecule has 0 saturated carbocycles. The Balaban J connectivity index is 1.95. The van der Waals surface area contributed by atoms with Crippen LogP contribution in [-0.2, 0) is 24.8 Å². The Bertz CT molecular complexity index is 1670. The maximum atomic E-state index is 13.9. The maximum absolute atomic E-state index is 13.9. The fourth-order valence-corrected chi connectivity index (χ4v) is 7.63. The Kier molecular flexibility index (Phi) is 8.67. The van der Waals surface area contributed by atoms with E-state index < -0.39 is 25.7 Å². The number of para-hydroxylation sites is 1. The lowest BCUT2D eigenvalue weighted by Crippen LogP contribution is -2.37. The van der Waals surface area contributed by atoms with E-state index in [2.05, 4.69) is 0 Å². The molecule has 0 fully saturated rings. The third kappa shape index (κ3) is 6.22. The molecule has 0 aliphatic rings. The quantitative estimate of drug-likeness (QED) is 0.123. The van der Waals surface area contributed by atoms with Gasteiger partial charge >= 0.3 is 0 Å². The molecule has 40 heavy (non-hydrogen) atoms. The first kappa shape index (κ1) is 28.5. The SMILES string of the molecule is CC(C)=C/C(=C(/C=O)N(S(=O)(=O)c1ccccc1)S(=O)(=O)c1ccccc1)c1ccc(Oc2ccccc2)cc1. The number of benzene rings is 4. The molecular weight excluding hydrogens is 546 g/mol. The average Bonchev–Trinajstić information content (AvgIpc) is 2.96. The van der Waals surface area contributed by atoms with E-state index >= 15 is 0 Å². The number of ether oxygens (including phenoxy) is 1. The third-order valence-corrected chi connectivity index (χ3v) is 9.86. The Morgan fingerprint density at radius 1 is 0.625 bits per heavy atom. The van der Waals surface area contributed by atoms with Crippen LogP contribution in [0.2, 0.25) is 0 Å². The lowest BCUT2D eigenvalue weighted by Gasteiger charge is -2.26. The topological polar surface area (TPSA) is 97.8 Å². The van der Waals surface area contributed by atoms with E-state index in [0.29, 0.717) is 22.6 Å². The van der Waals surface area contributed by atoms with Gasteiger partial charge in [-0.2, -0.15) is 3.71 Å². The van der Waals surface area contributed by atoms with Crippen LogP contribution in [0.15, 0.2) is 142 Å². The maximum Gasteiger partial charge on any atom is 0.277 e. The molecule has 0 aliphatic carbocycles. The van der Waals surface area contributed by atoms with Gasteiger partial charge < -0.3 is 4.74 Å². The minimum absolute atomic E-state index is 0.111. The minimum Gasteiger partial charge on any atom is -0.457 e. The number of carbonyl (C=O) groups excluding carboxylic acids is 1. The van der Waals surface area contributed by atoms with E-state index in [1.54, 1.807) is 68.5 Å². The normalized spacial score (nSPS) is 12.2. The first-order valence-corrected chi connectivity index (χ1v) is 15.1. The molecule has 0 N–H and O–H groups in total. The molecule has 4 rings (SSSR count). The Hall–Kier alpha value is -4.47.